The molecule has 2 N–H and O–H groups in total. The van der Waals surface area contributed by atoms with Gasteiger partial charge in [0, 0.05) is 22.3 Å². The second-order valence-electron chi connectivity index (χ2n) is 4.41. The van der Waals surface area contributed by atoms with Gasteiger partial charge in [-0.15, -0.1) is 11.8 Å². The van der Waals surface area contributed by atoms with Crippen molar-refractivity contribution in [1.82, 2.24) is 0 Å². The van der Waals surface area contributed by atoms with Crippen LogP contribution in [0.1, 0.15) is 11.1 Å². The summed E-state index contributed by atoms with van der Waals surface area (Å²) in [5, 5.41) is 0. The monoisotopic (exact) mass is 299 g/mol. The molecule has 0 aliphatic rings. The van der Waals surface area contributed by atoms with Gasteiger partial charge >= 0.3 is 0 Å². The lowest BCUT2D eigenvalue weighted by Gasteiger charge is -2.09. The number of ether oxygens (including phenoxy) is 1. The summed E-state index contributed by atoms with van der Waals surface area (Å²) < 4.78 is 5.42. The van der Waals surface area contributed by atoms with Gasteiger partial charge < -0.3 is 10.5 Å². The van der Waals surface area contributed by atoms with Gasteiger partial charge in [-0.2, -0.15) is 0 Å². The zero-order valence-corrected chi connectivity index (χ0v) is 12.6. The maximum atomic E-state index is 10.8. The molecule has 3 nitrogen and oxygen atoms in total. The largest absolute Gasteiger partial charge is 0.496 e. The quantitative estimate of drug-likeness (QED) is 0.656. The Labute approximate surface area is 128 Å². The lowest BCUT2D eigenvalue weighted by molar-refractivity contribution is -0.113. The highest BCUT2D eigenvalue weighted by atomic mass is 32.2. The normalized spacial score (nSPS) is 10.7. The first-order chi connectivity index (χ1) is 10.2. The molecule has 2 aromatic rings. The zero-order valence-electron chi connectivity index (χ0n) is 11.8. The number of amides is 1. The third-order valence-corrected chi connectivity index (χ3v) is 3.95. The Morgan fingerprint density at radius 2 is 2.00 bits per heavy atom. The van der Waals surface area contributed by atoms with Crippen molar-refractivity contribution in [2.24, 2.45) is 5.73 Å². The van der Waals surface area contributed by atoms with E-state index < -0.39 is 5.91 Å². The molecule has 0 spiro atoms. The van der Waals surface area contributed by atoms with Crippen LogP contribution in [0.25, 0.3) is 6.08 Å². The topological polar surface area (TPSA) is 52.3 Å². The van der Waals surface area contributed by atoms with E-state index in [1.165, 1.54) is 11.0 Å². The molecule has 0 aromatic heterocycles. The van der Waals surface area contributed by atoms with E-state index in [1.54, 1.807) is 24.9 Å². The van der Waals surface area contributed by atoms with E-state index in [2.05, 4.69) is 12.1 Å². The number of rotatable bonds is 6. The Morgan fingerprint density at radius 1 is 1.24 bits per heavy atom. The van der Waals surface area contributed by atoms with Gasteiger partial charge in [0.2, 0.25) is 5.91 Å². The van der Waals surface area contributed by atoms with Crippen LogP contribution in [0.5, 0.6) is 5.75 Å². The summed E-state index contributed by atoms with van der Waals surface area (Å²) in [4.78, 5) is 12.0. The summed E-state index contributed by atoms with van der Waals surface area (Å²) in [5.74, 6) is 1.18. The number of carbonyl (C=O) groups excluding carboxylic acids is 1. The minimum atomic E-state index is -0.460. The first-order valence-corrected chi connectivity index (χ1v) is 7.50. The minimum Gasteiger partial charge on any atom is -0.496 e. The van der Waals surface area contributed by atoms with Crippen molar-refractivity contribution in [2.75, 3.05) is 7.11 Å². The Morgan fingerprint density at radius 3 is 2.67 bits per heavy atom. The van der Waals surface area contributed by atoms with E-state index in [0.717, 1.165) is 22.6 Å². The van der Waals surface area contributed by atoms with Crippen molar-refractivity contribution in [3.8, 4) is 5.75 Å². The number of nitrogens with two attached hydrogens (primary N) is 1. The molecule has 108 valence electrons. The first-order valence-electron chi connectivity index (χ1n) is 6.51. The Bertz CT molecular complexity index is 638. The van der Waals surface area contributed by atoms with Crippen LogP contribution in [0, 0.1) is 0 Å². The number of methoxy groups -OCH3 is 1. The summed E-state index contributed by atoms with van der Waals surface area (Å²) >= 11 is 1.76. The fourth-order valence-corrected chi connectivity index (χ4v) is 2.75. The Hall–Kier alpha value is -2.20. The SMILES string of the molecule is COc1cc(/C=C\C(N)=O)ccc1CSc1ccccc1. The fraction of sp³-hybridized carbons (Fsp3) is 0.118. The van der Waals surface area contributed by atoms with E-state index in [1.807, 2.05) is 36.4 Å². The summed E-state index contributed by atoms with van der Waals surface area (Å²) in [6.45, 7) is 0. The number of hydrogen-bond donors (Lipinski definition) is 1. The van der Waals surface area contributed by atoms with Gasteiger partial charge in [-0.1, -0.05) is 30.3 Å². The van der Waals surface area contributed by atoms with Crippen LogP contribution in [0.4, 0.5) is 0 Å². The number of hydrogen-bond acceptors (Lipinski definition) is 3. The lowest BCUT2D eigenvalue weighted by atomic mass is 10.1. The smallest absolute Gasteiger partial charge is 0.241 e. The predicted molar refractivity (Wildman–Crippen MR) is 87.2 cm³/mol. The molecule has 0 aliphatic carbocycles. The van der Waals surface area contributed by atoms with Crippen molar-refractivity contribution < 1.29 is 9.53 Å². The third-order valence-electron chi connectivity index (χ3n) is 2.89. The molecule has 0 fully saturated rings. The molecule has 0 atom stereocenters. The molecule has 0 saturated heterocycles. The van der Waals surface area contributed by atoms with Gasteiger partial charge in [-0.3, -0.25) is 4.79 Å². The molecule has 0 radical (unpaired) electrons. The predicted octanol–water partition coefficient (Wildman–Crippen LogP) is 3.49. The van der Waals surface area contributed by atoms with Crippen LogP contribution in [0.3, 0.4) is 0 Å². The second kappa shape index (κ2) is 7.55. The molecule has 21 heavy (non-hydrogen) atoms. The number of primary amides is 1. The average molecular weight is 299 g/mol. The van der Waals surface area contributed by atoms with Crippen molar-refractivity contribution >= 4 is 23.7 Å². The molecule has 2 aromatic carbocycles. The van der Waals surface area contributed by atoms with Gasteiger partial charge in [-0.25, -0.2) is 0 Å². The zero-order chi connectivity index (χ0) is 15.1. The van der Waals surface area contributed by atoms with Gasteiger partial charge in [-0.05, 0) is 29.8 Å². The van der Waals surface area contributed by atoms with Gasteiger partial charge in [0.25, 0.3) is 0 Å². The molecule has 0 heterocycles. The van der Waals surface area contributed by atoms with E-state index in [-0.39, 0.29) is 0 Å². The van der Waals surface area contributed by atoms with Gasteiger partial charge in [0.1, 0.15) is 5.75 Å². The molecular weight excluding hydrogens is 282 g/mol. The number of carbonyl (C=O) groups is 1. The molecule has 4 heteroatoms. The van der Waals surface area contributed by atoms with Crippen LogP contribution >= 0.6 is 11.8 Å². The summed E-state index contributed by atoms with van der Waals surface area (Å²) in [6.07, 6.45) is 3.02. The Kier molecular flexibility index (Phi) is 5.46. The first kappa shape index (κ1) is 15.2. The maximum Gasteiger partial charge on any atom is 0.241 e. The highest BCUT2D eigenvalue weighted by molar-refractivity contribution is 7.98. The van der Waals surface area contributed by atoms with Crippen LogP contribution in [0.15, 0.2) is 59.5 Å². The van der Waals surface area contributed by atoms with Crippen LogP contribution in [-0.4, -0.2) is 13.0 Å². The molecule has 0 bridgehead atoms. The third kappa shape index (κ3) is 4.68. The van der Waals surface area contributed by atoms with Crippen molar-refractivity contribution in [1.29, 1.82) is 0 Å². The van der Waals surface area contributed by atoms with E-state index >= 15 is 0 Å². The van der Waals surface area contributed by atoms with Crippen LogP contribution < -0.4 is 10.5 Å². The minimum absolute atomic E-state index is 0.460. The van der Waals surface area contributed by atoms with Crippen molar-refractivity contribution in [2.45, 2.75) is 10.6 Å². The summed E-state index contributed by atoms with van der Waals surface area (Å²) in [5.41, 5.74) is 7.09. The molecule has 1 amide bonds. The lowest BCUT2D eigenvalue weighted by Crippen LogP contribution is -2.05. The average Bonchev–Trinajstić information content (AvgIpc) is 2.52. The molecule has 0 saturated carbocycles. The highest BCUT2D eigenvalue weighted by Gasteiger charge is 2.04. The van der Waals surface area contributed by atoms with Crippen molar-refractivity contribution in [3.63, 3.8) is 0 Å². The van der Waals surface area contributed by atoms with Crippen LogP contribution in [-0.2, 0) is 10.5 Å². The molecule has 0 aliphatic heterocycles. The standard InChI is InChI=1S/C17H17NO2S/c1-20-16-11-13(8-10-17(18)19)7-9-14(16)12-21-15-5-3-2-4-6-15/h2-11H,12H2,1H3,(H2,18,19)/b10-8-. The summed E-state index contributed by atoms with van der Waals surface area (Å²) in [6, 6.07) is 16.1. The van der Waals surface area contributed by atoms with Gasteiger partial charge in [0.05, 0.1) is 7.11 Å². The van der Waals surface area contributed by atoms with Gasteiger partial charge in [0.15, 0.2) is 0 Å². The Balaban J connectivity index is 2.11. The molecule has 0 unspecified atom stereocenters. The number of benzene rings is 2. The van der Waals surface area contributed by atoms with E-state index in [4.69, 9.17) is 10.5 Å². The summed E-state index contributed by atoms with van der Waals surface area (Å²) in [7, 11) is 1.65. The molecule has 2 rings (SSSR count). The molecular formula is C17H17NO2S. The number of thioether (sulfide) groups is 1. The van der Waals surface area contributed by atoms with E-state index in [9.17, 15) is 4.79 Å². The van der Waals surface area contributed by atoms with E-state index in [0.29, 0.717) is 0 Å². The highest BCUT2D eigenvalue weighted by Crippen LogP contribution is 2.28. The van der Waals surface area contributed by atoms with Crippen LogP contribution in [0.2, 0.25) is 0 Å². The fourth-order valence-electron chi connectivity index (χ4n) is 1.84. The maximum absolute atomic E-state index is 10.8. The van der Waals surface area contributed by atoms with Crippen molar-refractivity contribution in [3.05, 3.63) is 65.7 Å². The second-order valence-corrected chi connectivity index (χ2v) is 5.46.